The van der Waals surface area contributed by atoms with Gasteiger partial charge in [0.05, 0.1) is 26.2 Å². The van der Waals surface area contributed by atoms with Crippen molar-refractivity contribution in [2.75, 3.05) is 52.7 Å². The summed E-state index contributed by atoms with van der Waals surface area (Å²) in [4.78, 5) is 26.7. The number of aliphatic hydroxyl groups is 1. The van der Waals surface area contributed by atoms with Crippen LogP contribution in [-0.2, 0) is 28.5 Å². The van der Waals surface area contributed by atoms with Gasteiger partial charge < -0.3 is 29.0 Å². The lowest BCUT2D eigenvalue weighted by Gasteiger charge is -2.21. The number of carbonyl (C=O) groups excluding carboxylic acids is 2. The van der Waals surface area contributed by atoms with Crippen molar-refractivity contribution in [3.05, 3.63) is 0 Å². The smallest absolute Gasteiger partial charge is 0.305 e. The van der Waals surface area contributed by atoms with E-state index in [1.165, 1.54) is 83.5 Å². The molecule has 0 aliphatic rings. The molecule has 0 rings (SSSR count). The van der Waals surface area contributed by atoms with Crippen LogP contribution in [0.25, 0.3) is 0 Å². The lowest BCUT2D eigenvalue weighted by molar-refractivity contribution is -0.159. The molecule has 49 heavy (non-hydrogen) atoms. The van der Waals surface area contributed by atoms with Crippen molar-refractivity contribution in [2.24, 2.45) is 0 Å². The van der Waals surface area contributed by atoms with Crippen molar-refractivity contribution < 1.29 is 33.6 Å². The maximum atomic E-state index is 12.3. The summed E-state index contributed by atoms with van der Waals surface area (Å²) < 4.78 is 22.8. The molecule has 0 bridgehead atoms. The Bertz CT molecular complexity index is 679. The van der Waals surface area contributed by atoms with E-state index in [1.807, 2.05) is 0 Å². The average Bonchev–Trinajstić information content (AvgIpc) is 3.10. The largest absolute Gasteiger partial charge is 0.466 e. The van der Waals surface area contributed by atoms with Crippen LogP contribution in [0.5, 0.6) is 0 Å². The lowest BCUT2D eigenvalue weighted by atomic mass is 10.1. The Kier molecular flexibility index (Phi) is 38.6. The van der Waals surface area contributed by atoms with Gasteiger partial charge in [0.2, 0.25) is 0 Å². The number of esters is 2. The maximum Gasteiger partial charge on any atom is 0.305 e. The molecule has 0 saturated carbocycles. The second kappa shape index (κ2) is 39.6. The Labute approximate surface area is 303 Å². The zero-order valence-electron chi connectivity index (χ0n) is 32.7. The van der Waals surface area contributed by atoms with Crippen molar-refractivity contribution in [3.8, 4) is 0 Å². The minimum Gasteiger partial charge on any atom is -0.466 e. The van der Waals surface area contributed by atoms with Gasteiger partial charge in [-0.3, -0.25) is 9.59 Å². The van der Waals surface area contributed by atoms with Crippen molar-refractivity contribution in [1.29, 1.82) is 0 Å². The molecule has 0 spiro atoms. The predicted octanol–water partition coefficient (Wildman–Crippen LogP) is 10.3. The Morgan fingerprint density at radius 1 is 0.469 bits per heavy atom. The lowest BCUT2D eigenvalue weighted by Crippen LogP contribution is -2.29. The first-order valence-corrected chi connectivity index (χ1v) is 20.9. The normalized spacial score (nSPS) is 11.6. The number of rotatable bonds is 40. The van der Waals surface area contributed by atoms with E-state index in [2.05, 4.69) is 25.7 Å². The number of ether oxygens (including phenoxy) is 4. The predicted molar refractivity (Wildman–Crippen MR) is 203 cm³/mol. The highest BCUT2D eigenvalue weighted by atomic mass is 16.7. The van der Waals surface area contributed by atoms with Gasteiger partial charge in [0.15, 0.2) is 6.29 Å². The Morgan fingerprint density at radius 3 is 1.35 bits per heavy atom. The molecule has 0 aromatic heterocycles. The average molecular weight is 700 g/mol. The third-order valence-corrected chi connectivity index (χ3v) is 9.10. The van der Waals surface area contributed by atoms with Gasteiger partial charge in [0.25, 0.3) is 0 Å². The van der Waals surface area contributed by atoms with E-state index in [0.717, 1.165) is 83.7 Å². The first kappa shape index (κ1) is 47.8. The molecule has 0 aliphatic carbocycles. The number of nitrogens with zero attached hydrogens (tertiary/aromatic N) is 1. The molecule has 0 aromatic rings. The number of unbranched alkanes of at least 4 members (excludes halogenated alkanes) is 19. The Morgan fingerprint density at radius 2 is 0.857 bits per heavy atom. The maximum absolute atomic E-state index is 12.3. The monoisotopic (exact) mass is 700 g/mol. The van der Waals surface area contributed by atoms with Gasteiger partial charge in [0.1, 0.15) is 0 Å². The molecule has 0 unspecified atom stereocenters. The van der Waals surface area contributed by atoms with Crippen LogP contribution in [0.15, 0.2) is 0 Å². The second-order valence-electron chi connectivity index (χ2n) is 13.9. The molecule has 0 amide bonds. The van der Waals surface area contributed by atoms with Gasteiger partial charge in [-0.2, -0.15) is 0 Å². The zero-order chi connectivity index (χ0) is 35.9. The van der Waals surface area contributed by atoms with Gasteiger partial charge in [-0.15, -0.1) is 0 Å². The minimum absolute atomic E-state index is 0.0639. The van der Waals surface area contributed by atoms with Crippen LogP contribution < -0.4 is 0 Å². The van der Waals surface area contributed by atoms with Crippen LogP contribution in [0.1, 0.15) is 194 Å². The van der Waals surface area contributed by atoms with Crippen molar-refractivity contribution in [3.63, 3.8) is 0 Å². The van der Waals surface area contributed by atoms with Crippen LogP contribution in [0.2, 0.25) is 0 Å². The number of hydrogen-bond donors (Lipinski definition) is 1. The van der Waals surface area contributed by atoms with Gasteiger partial charge in [-0.05, 0) is 58.0 Å². The summed E-state index contributed by atoms with van der Waals surface area (Å²) in [5.41, 5.74) is 0. The molecule has 8 nitrogen and oxygen atoms in total. The summed E-state index contributed by atoms with van der Waals surface area (Å²) in [6.45, 7) is 11.8. The molecule has 8 heteroatoms. The zero-order valence-corrected chi connectivity index (χ0v) is 32.7. The second-order valence-corrected chi connectivity index (χ2v) is 13.9. The molecular weight excluding hydrogens is 618 g/mol. The van der Waals surface area contributed by atoms with Crippen LogP contribution in [0, 0.1) is 0 Å². The van der Waals surface area contributed by atoms with Gasteiger partial charge >= 0.3 is 11.9 Å². The van der Waals surface area contributed by atoms with Crippen LogP contribution in [-0.4, -0.2) is 80.9 Å². The van der Waals surface area contributed by atoms with Crippen LogP contribution in [0.3, 0.4) is 0 Å². The van der Waals surface area contributed by atoms with Crippen molar-refractivity contribution in [2.45, 2.75) is 200 Å². The number of hydrogen-bond acceptors (Lipinski definition) is 8. The summed E-state index contributed by atoms with van der Waals surface area (Å²) >= 11 is 0. The molecule has 0 aromatic carbocycles. The van der Waals surface area contributed by atoms with E-state index in [0.29, 0.717) is 52.2 Å². The van der Waals surface area contributed by atoms with E-state index in [9.17, 15) is 14.7 Å². The fourth-order valence-corrected chi connectivity index (χ4v) is 5.92. The molecule has 0 heterocycles. The first-order chi connectivity index (χ1) is 24.1. The third-order valence-electron chi connectivity index (χ3n) is 9.10. The van der Waals surface area contributed by atoms with Gasteiger partial charge in [-0.25, -0.2) is 0 Å². The summed E-state index contributed by atoms with van der Waals surface area (Å²) in [5.74, 6) is -0.235. The molecule has 0 fully saturated rings. The van der Waals surface area contributed by atoms with Gasteiger partial charge in [0, 0.05) is 32.6 Å². The molecule has 292 valence electrons. The topological polar surface area (TPSA) is 94.5 Å². The Hall–Kier alpha value is -1.22. The molecule has 0 aliphatic heterocycles. The molecule has 0 saturated heterocycles. The van der Waals surface area contributed by atoms with E-state index in [-0.39, 0.29) is 24.8 Å². The van der Waals surface area contributed by atoms with Crippen LogP contribution in [0.4, 0.5) is 0 Å². The molecule has 1 N–H and O–H groups in total. The summed E-state index contributed by atoms with van der Waals surface area (Å²) in [6, 6.07) is 0. The molecule has 0 radical (unpaired) electrons. The third kappa shape index (κ3) is 36.4. The Balaban J connectivity index is 3.88. The highest BCUT2D eigenvalue weighted by Gasteiger charge is 2.13. The highest BCUT2D eigenvalue weighted by molar-refractivity contribution is 5.69. The van der Waals surface area contributed by atoms with E-state index in [4.69, 9.17) is 18.9 Å². The van der Waals surface area contributed by atoms with Crippen molar-refractivity contribution in [1.82, 2.24) is 4.90 Å². The summed E-state index contributed by atoms with van der Waals surface area (Å²) in [6.07, 6.45) is 28.6. The molecule has 0 atom stereocenters. The summed E-state index contributed by atoms with van der Waals surface area (Å²) in [7, 11) is 0. The van der Waals surface area contributed by atoms with Gasteiger partial charge in [-0.1, -0.05) is 130 Å². The van der Waals surface area contributed by atoms with Crippen molar-refractivity contribution >= 4 is 11.9 Å². The fourth-order valence-electron chi connectivity index (χ4n) is 5.92. The van der Waals surface area contributed by atoms with Crippen LogP contribution >= 0.6 is 0 Å². The standard InChI is InChI=1S/C41H81NO7/c1-4-7-10-13-14-15-16-18-26-35-46-39(44)28-21-20-23-32-42(33-34-43)31-22-17-19-27-36-47-40(45)29-30-41(48-37-24-11-8-5-2)49-38-25-12-9-6-3/h41,43H,4-38H2,1-3H3. The number of aliphatic hydroxyl groups excluding tert-OH is 1. The number of carbonyl (C=O) groups is 2. The van der Waals surface area contributed by atoms with E-state index < -0.39 is 0 Å². The first-order valence-electron chi connectivity index (χ1n) is 20.9. The van der Waals surface area contributed by atoms with E-state index in [1.54, 1.807) is 0 Å². The fraction of sp³-hybridized carbons (Fsp3) is 0.951. The summed E-state index contributed by atoms with van der Waals surface area (Å²) in [5, 5.41) is 9.49. The highest BCUT2D eigenvalue weighted by Crippen LogP contribution is 2.12. The van der Waals surface area contributed by atoms with E-state index >= 15 is 0 Å². The molecular formula is C41H81NO7. The SMILES string of the molecule is CCCCCCCCCCCOC(=O)CCCCCN(CCO)CCCCCCOC(=O)CCC(OCCCCCC)OCCCCCC. The minimum atomic E-state index is -0.326. The quantitative estimate of drug-likeness (QED) is 0.0384.